The maximum atomic E-state index is 6.19. The second-order valence-electron chi connectivity index (χ2n) is 5.92. The van der Waals surface area contributed by atoms with E-state index in [1.165, 1.54) is 21.2 Å². The van der Waals surface area contributed by atoms with Gasteiger partial charge in [0.05, 0.1) is 0 Å². The average Bonchev–Trinajstić information content (AvgIpc) is 2.49. The van der Waals surface area contributed by atoms with Gasteiger partial charge in [-0.15, -0.1) is 11.6 Å². The molecule has 0 aliphatic carbocycles. The molecule has 112 valence electrons. The topological polar surface area (TPSA) is 0 Å². The predicted octanol–water partition coefficient (Wildman–Crippen LogP) is 6.21. The molecule has 2 aromatic rings. The van der Waals surface area contributed by atoms with Gasteiger partial charge in [0.1, 0.15) is 0 Å². The fourth-order valence-electron chi connectivity index (χ4n) is 2.53. The molecule has 1 unspecified atom stereocenters. The number of rotatable bonds is 6. The molecule has 0 nitrogen and oxygen atoms in total. The van der Waals surface area contributed by atoms with Gasteiger partial charge in [-0.2, -0.15) is 0 Å². The van der Waals surface area contributed by atoms with E-state index in [0.717, 1.165) is 12.8 Å². The molecule has 0 saturated heterocycles. The zero-order chi connectivity index (χ0) is 15.2. The van der Waals surface area contributed by atoms with Crippen LogP contribution in [0.25, 0.3) is 0 Å². The van der Waals surface area contributed by atoms with E-state index in [1.54, 1.807) is 0 Å². The van der Waals surface area contributed by atoms with Gasteiger partial charge in [0, 0.05) is 10.4 Å². The van der Waals surface area contributed by atoms with Crippen LogP contribution >= 0.6 is 27.5 Å². The highest BCUT2D eigenvalue weighted by Crippen LogP contribution is 2.23. The van der Waals surface area contributed by atoms with Crippen LogP contribution in [0.2, 0.25) is 0 Å². The third kappa shape index (κ3) is 4.86. The predicted molar refractivity (Wildman–Crippen MR) is 96.3 cm³/mol. The van der Waals surface area contributed by atoms with Crippen LogP contribution < -0.4 is 0 Å². The van der Waals surface area contributed by atoms with Crippen LogP contribution in [0.5, 0.6) is 0 Å². The molecule has 21 heavy (non-hydrogen) atoms. The molecule has 0 aliphatic rings. The number of halogens is 2. The standard InChI is InChI=1S/C19H22BrCl/c1-14(2)17-9-7-15(8-10-17)11-16(13-21)12-18-5-3-4-6-19(18)20/h3-10,14,16H,11-13H2,1-2H3. The molecule has 0 bridgehead atoms. The Morgan fingerprint density at radius 3 is 2.19 bits per heavy atom. The number of alkyl halides is 1. The van der Waals surface area contributed by atoms with Gasteiger partial charge < -0.3 is 0 Å². The van der Waals surface area contributed by atoms with Crippen molar-refractivity contribution in [1.29, 1.82) is 0 Å². The first-order valence-electron chi connectivity index (χ1n) is 7.48. The normalized spacial score (nSPS) is 12.6. The van der Waals surface area contributed by atoms with Crippen molar-refractivity contribution in [2.24, 2.45) is 5.92 Å². The van der Waals surface area contributed by atoms with E-state index in [4.69, 9.17) is 11.6 Å². The number of hydrogen-bond donors (Lipinski definition) is 0. The van der Waals surface area contributed by atoms with E-state index in [9.17, 15) is 0 Å². The Bertz CT molecular complexity index is 560. The Morgan fingerprint density at radius 1 is 0.952 bits per heavy atom. The van der Waals surface area contributed by atoms with Crippen molar-refractivity contribution in [1.82, 2.24) is 0 Å². The Morgan fingerprint density at radius 2 is 1.62 bits per heavy atom. The zero-order valence-electron chi connectivity index (χ0n) is 12.7. The summed E-state index contributed by atoms with van der Waals surface area (Å²) >= 11 is 9.81. The lowest BCUT2D eigenvalue weighted by Crippen LogP contribution is -2.10. The minimum atomic E-state index is 0.468. The molecule has 0 spiro atoms. The Labute approximate surface area is 141 Å². The van der Waals surface area contributed by atoms with Crippen molar-refractivity contribution < 1.29 is 0 Å². The van der Waals surface area contributed by atoms with Crippen molar-refractivity contribution in [3.8, 4) is 0 Å². The molecule has 0 amide bonds. The van der Waals surface area contributed by atoms with Crippen LogP contribution in [-0.2, 0) is 12.8 Å². The molecule has 2 aromatic carbocycles. The van der Waals surface area contributed by atoms with E-state index in [1.807, 2.05) is 6.07 Å². The highest BCUT2D eigenvalue weighted by molar-refractivity contribution is 9.10. The molecular formula is C19H22BrCl. The summed E-state index contributed by atoms with van der Waals surface area (Å²) in [7, 11) is 0. The van der Waals surface area contributed by atoms with Crippen molar-refractivity contribution >= 4 is 27.5 Å². The summed E-state index contributed by atoms with van der Waals surface area (Å²) in [5.41, 5.74) is 4.10. The Hall–Kier alpha value is -0.790. The maximum Gasteiger partial charge on any atom is 0.0258 e. The molecule has 1 atom stereocenters. The second-order valence-corrected chi connectivity index (χ2v) is 7.08. The van der Waals surface area contributed by atoms with Crippen LogP contribution in [0.15, 0.2) is 53.0 Å². The van der Waals surface area contributed by atoms with Gasteiger partial charge >= 0.3 is 0 Å². The van der Waals surface area contributed by atoms with Crippen molar-refractivity contribution in [3.63, 3.8) is 0 Å². The Kier molecular flexibility index (Phi) is 6.32. The summed E-state index contributed by atoms with van der Waals surface area (Å²) < 4.78 is 1.18. The molecule has 0 aromatic heterocycles. The molecule has 0 heterocycles. The lowest BCUT2D eigenvalue weighted by atomic mass is 9.93. The fraction of sp³-hybridized carbons (Fsp3) is 0.368. The molecule has 0 saturated carbocycles. The molecule has 2 rings (SSSR count). The second kappa shape index (κ2) is 8.00. The number of hydrogen-bond acceptors (Lipinski definition) is 0. The van der Waals surface area contributed by atoms with Gasteiger partial charge in [-0.3, -0.25) is 0 Å². The summed E-state index contributed by atoms with van der Waals surface area (Å²) in [5.74, 6) is 1.74. The van der Waals surface area contributed by atoms with E-state index in [2.05, 4.69) is 72.2 Å². The third-order valence-electron chi connectivity index (χ3n) is 3.86. The maximum absolute atomic E-state index is 6.19. The van der Waals surface area contributed by atoms with Crippen molar-refractivity contribution in [3.05, 3.63) is 69.7 Å². The smallest absolute Gasteiger partial charge is 0.0258 e. The first-order chi connectivity index (χ1) is 10.1. The van der Waals surface area contributed by atoms with E-state index >= 15 is 0 Å². The lowest BCUT2D eigenvalue weighted by Gasteiger charge is -2.16. The van der Waals surface area contributed by atoms with Gasteiger partial charge in [0.25, 0.3) is 0 Å². The zero-order valence-corrected chi connectivity index (χ0v) is 15.0. The van der Waals surface area contributed by atoms with Crippen LogP contribution in [0.1, 0.15) is 36.5 Å². The molecular weight excluding hydrogens is 344 g/mol. The first-order valence-corrected chi connectivity index (χ1v) is 8.81. The third-order valence-corrected chi connectivity index (χ3v) is 5.07. The summed E-state index contributed by atoms with van der Waals surface area (Å²) in [6.07, 6.45) is 2.04. The average molecular weight is 366 g/mol. The summed E-state index contributed by atoms with van der Waals surface area (Å²) in [6, 6.07) is 17.4. The molecule has 0 N–H and O–H groups in total. The number of benzene rings is 2. The van der Waals surface area contributed by atoms with Gasteiger partial charge in [0.15, 0.2) is 0 Å². The highest BCUT2D eigenvalue weighted by atomic mass is 79.9. The van der Waals surface area contributed by atoms with Crippen LogP contribution in [0, 0.1) is 5.92 Å². The van der Waals surface area contributed by atoms with Crippen LogP contribution in [0.3, 0.4) is 0 Å². The largest absolute Gasteiger partial charge is 0.126 e. The summed E-state index contributed by atoms with van der Waals surface area (Å²) in [5, 5.41) is 0. The van der Waals surface area contributed by atoms with E-state index < -0.39 is 0 Å². The van der Waals surface area contributed by atoms with E-state index in [-0.39, 0.29) is 0 Å². The molecule has 0 radical (unpaired) electrons. The van der Waals surface area contributed by atoms with Crippen molar-refractivity contribution in [2.75, 3.05) is 5.88 Å². The highest BCUT2D eigenvalue weighted by Gasteiger charge is 2.12. The minimum absolute atomic E-state index is 0.468. The van der Waals surface area contributed by atoms with Gasteiger partial charge in [-0.1, -0.05) is 72.2 Å². The summed E-state index contributed by atoms with van der Waals surface area (Å²) in [4.78, 5) is 0. The molecule has 0 aliphatic heterocycles. The first kappa shape index (κ1) is 16.6. The van der Waals surface area contributed by atoms with Gasteiger partial charge in [0.2, 0.25) is 0 Å². The Balaban J connectivity index is 2.03. The lowest BCUT2D eigenvalue weighted by molar-refractivity contribution is 0.582. The molecule has 2 heteroatoms. The van der Waals surface area contributed by atoms with E-state index in [0.29, 0.717) is 17.7 Å². The minimum Gasteiger partial charge on any atom is -0.126 e. The SMILES string of the molecule is CC(C)c1ccc(CC(CCl)Cc2ccccc2Br)cc1. The molecule has 0 fully saturated rings. The summed E-state index contributed by atoms with van der Waals surface area (Å²) in [6.45, 7) is 4.45. The van der Waals surface area contributed by atoms with Crippen molar-refractivity contribution in [2.45, 2.75) is 32.6 Å². The van der Waals surface area contributed by atoms with Gasteiger partial charge in [-0.05, 0) is 47.4 Å². The monoisotopic (exact) mass is 364 g/mol. The van der Waals surface area contributed by atoms with Crippen LogP contribution in [0.4, 0.5) is 0 Å². The van der Waals surface area contributed by atoms with Gasteiger partial charge in [-0.25, -0.2) is 0 Å². The van der Waals surface area contributed by atoms with Crippen LogP contribution in [-0.4, -0.2) is 5.88 Å². The fourth-order valence-corrected chi connectivity index (χ4v) is 3.19. The quantitative estimate of drug-likeness (QED) is 0.534.